The van der Waals surface area contributed by atoms with Crippen LogP contribution in [0.4, 0.5) is 11.4 Å². The van der Waals surface area contributed by atoms with Crippen LogP contribution in [-0.4, -0.2) is 24.1 Å². The quantitative estimate of drug-likeness (QED) is 0.902. The van der Waals surface area contributed by atoms with Crippen molar-refractivity contribution in [2.24, 2.45) is 0 Å². The van der Waals surface area contributed by atoms with Gasteiger partial charge >= 0.3 is 0 Å². The number of hydrogen-bond donors (Lipinski definition) is 1. The molecule has 1 heterocycles. The number of aryl methyl sites for hydroxylation is 1. The molecule has 0 aliphatic carbocycles. The van der Waals surface area contributed by atoms with Crippen molar-refractivity contribution in [3.63, 3.8) is 0 Å². The van der Waals surface area contributed by atoms with E-state index in [0.717, 1.165) is 22.7 Å². The van der Waals surface area contributed by atoms with Crippen LogP contribution >= 0.6 is 11.8 Å². The molecule has 1 N–H and O–H groups in total. The second-order valence-electron chi connectivity index (χ2n) is 5.65. The van der Waals surface area contributed by atoms with Crippen LogP contribution in [0.5, 0.6) is 0 Å². The highest BCUT2D eigenvalue weighted by Crippen LogP contribution is 2.34. The fourth-order valence-electron chi connectivity index (χ4n) is 2.66. The van der Waals surface area contributed by atoms with E-state index >= 15 is 0 Å². The van der Waals surface area contributed by atoms with Gasteiger partial charge in [-0.3, -0.25) is 9.59 Å². The van der Waals surface area contributed by atoms with E-state index in [1.807, 2.05) is 48.5 Å². The van der Waals surface area contributed by atoms with Crippen molar-refractivity contribution in [3.8, 4) is 0 Å². The van der Waals surface area contributed by atoms with Gasteiger partial charge in [0.15, 0.2) is 0 Å². The molecule has 0 spiro atoms. The molecule has 5 heteroatoms. The fraction of sp³-hybridized carbons (Fsp3) is 0.263. The second kappa shape index (κ2) is 7.53. The minimum Gasteiger partial charge on any atom is -0.326 e. The molecule has 0 saturated heterocycles. The standard InChI is InChI=1S/C19H20N2O2S/c1-2-14-7-9-15(10-8-14)20-18(22)11-12-21-16-5-3-4-6-17(16)24-13-19(21)23/h3-10H,2,11-13H2,1H3,(H,20,22). The van der Waals surface area contributed by atoms with Crippen molar-refractivity contribution in [3.05, 3.63) is 54.1 Å². The third-order valence-electron chi connectivity index (χ3n) is 4.02. The van der Waals surface area contributed by atoms with E-state index in [1.165, 1.54) is 5.56 Å². The number of para-hydroxylation sites is 1. The lowest BCUT2D eigenvalue weighted by Gasteiger charge is -2.28. The molecule has 0 fully saturated rings. The molecule has 0 atom stereocenters. The Balaban J connectivity index is 1.60. The molecule has 3 rings (SSSR count). The number of carbonyl (C=O) groups excluding carboxylic acids is 2. The predicted octanol–water partition coefficient (Wildman–Crippen LogP) is 3.72. The van der Waals surface area contributed by atoms with E-state index in [1.54, 1.807) is 16.7 Å². The smallest absolute Gasteiger partial charge is 0.237 e. The Morgan fingerprint density at radius 3 is 2.67 bits per heavy atom. The lowest BCUT2D eigenvalue weighted by Crippen LogP contribution is -2.37. The predicted molar refractivity (Wildman–Crippen MR) is 98.6 cm³/mol. The van der Waals surface area contributed by atoms with Gasteiger partial charge in [-0.05, 0) is 36.2 Å². The number of nitrogens with zero attached hydrogens (tertiary/aromatic N) is 1. The zero-order chi connectivity index (χ0) is 16.9. The molecule has 124 valence electrons. The summed E-state index contributed by atoms with van der Waals surface area (Å²) in [6.07, 6.45) is 1.25. The summed E-state index contributed by atoms with van der Waals surface area (Å²) in [7, 11) is 0. The molecule has 1 aliphatic heterocycles. The maximum atomic E-state index is 12.2. The lowest BCUT2D eigenvalue weighted by molar-refractivity contribution is -0.117. The Labute approximate surface area is 146 Å². The molecule has 1 aliphatic rings. The van der Waals surface area contributed by atoms with Gasteiger partial charge in [-0.1, -0.05) is 31.2 Å². The number of nitrogens with one attached hydrogen (secondary N) is 1. The summed E-state index contributed by atoms with van der Waals surface area (Å²) in [6, 6.07) is 15.7. The third kappa shape index (κ3) is 3.79. The number of fused-ring (bicyclic) bond motifs is 1. The number of rotatable bonds is 5. The van der Waals surface area contributed by atoms with Crippen LogP contribution in [0.15, 0.2) is 53.4 Å². The van der Waals surface area contributed by atoms with Crippen LogP contribution in [0, 0.1) is 0 Å². The van der Waals surface area contributed by atoms with Crippen molar-refractivity contribution in [2.75, 3.05) is 22.5 Å². The largest absolute Gasteiger partial charge is 0.326 e. The second-order valence-corrected chi connectivity index (χ2v) is 6.67. The van der Waals surface area contributed by atoms with Gasteiger partial charge in [0.25, 0.3) is 0 Å². The van der Waals surface area contributed by atoms with Crippen LogP contribution in [0.3, 0.4) is 0 Å². The molecule has 0 unspecified atom stereocenters. The molecule has 0 saturated carbocycles. The molecule has 0 radical (unpaired) electrons. The van der Waals surface area contributed by atoms with E-state index in [4.69, 9.17) is 0 Å². The Hall–Kier alpha value is -2.27. The van der Waals surface area contributed by atoms with E-state index in [0.29, 0.717) is 12.3 Å². The summed E-state index contributed by atoms with van der Waals surface area (Å²) >= 11 is 1.55. The Bertz CT molecular complexity index is 743. The Morgan fingerprint density at radius 1 is 1.17 bits per heavy atom. The zero-order valence-electron chi connectivity index (χ0n) is 13.6. The molecule has 2 amide bonds. The number of thioether (sulfide) groups is 1. The van der Waals surface area contributed by atoms with Crippen molar-refractivity contribution in [1.29, 1.82) is 0 Å². The summed E-state index contributed by atoms with van der Waals surface area (Å²) in [5.41, 5.74) is 2.93. The lowest BCUT2D eigenvalue weighted by atomic mass is 10.1. The first kappa shape index (κ1) is 16.6. The molecule has 24 heavy (non-hydrogen) atoms. The highest BCUT2D eigenvalue weighted by molar-refractivity contribution is 8.00. The Morgan fingerprint density at radius 2 is 1.92 bits per heavy atom. The number of anilines is 2. The van der Waals surface area contributed by atoms with Gasteiger partial charge in [0.1, 0.15) is 0 Å². The van der Waals surface area contributed by atoms with Crippen LogP contribution in [0.1, 0.15) is 18.9 Å². The molecule has 2 aromatic carbocycles. The summed E-state index contributed by atoms with van der Waals surface area (Å²) < 4.78 is 0. The summed E-state index contributed by atoms with van der Waals surface area (Å²) in [5, 5.41) is 2.89. The maximum Gasteiger partial charge on any atom is 0.237 e. The minimum absolute atomic E-state index is 0.0544. The first-order chi connectivity index (χ1) is 11.7. The third-order valence-corrected chi connectivity index (χ3v) is 5.06. The normalized spacial score (nSPS) is 13.5. The molecule has 4 nitrogen and oxygen atoms in total. The van der Waals surface area contributed by atoms with Gasteiger partial charge in [-0.15, -0.1) is 11.8 Å². The van der Waals surface area contributed by atoms with Crippen LogP contribution < -0.4 is 10.2 Å². The molecule has 0 bridgehead atoms. The first-order valence-corrected chi connectivity index (χ1v) is 9.07. The van der Waals surface area contributed by atoms with Crippen molar-refractivity contribution >= 4 is 35.0 Å². The highest BCUT2D eigenvalue weighted by Gasteiger charge is 2.24. The van der Waals surface area contributed by atoms with Gasteiger partial charge in [0, 0.05) is 23.5 Å². The number of benzene rings is 2. The molecular formula is C19H20N2O2S. The van der Waals surface area contributed by atoms with Crippen molar-refractivity contribution in [1.82, 2.24) is 0 Å². The van der Waals surface area contributed by atoms with Crippen molar-refractivity contribution in [2.45, 2.75) is 24.7 Å². The minimum atomic E-state index is -0.0808. The van der Waals surface area contributed by atoms with Gasteiger partial charge < -0.3 is 10.2 Å². The van der Waals surface area contributed by atoms with E-state index in [2.05, 4.69) is 12.2 Å². The summed E-state index contributed by atoms with van der Waals surface area (Å²) in [5.74, 6) is 0.401. The van der Waals surface area contributed by atoms with E-state index in [-0.39, 0.29) is 18.2 Å². The molecular weight excluding hydrogens is 320 g/mol. The number of amides is 2. The van der Waals surface area contributed by atoms with Crippen LogP contribution in [0.25, 0.3) is 0 Å². The van der Waals surface area contributed by atoms with Gasteiger partial charge in [0.2, 0.25) is 11.8 Å². The van der Waals surface area contributed by atoms with Gasteiger partial charge in [-0.25, -0.2) is 0 Å². The van der Waals surface area contributed by atoms with Crippen molar-refractivity contribution < 1.29 is 9.59 Å². The van der Waals surface area contributed by atoms with Gasteiger partial charge in [0.05, 0.1) is 11.4 Å². The maximum absolute atomic E-state index is 12.2. The topological polar surface area (TPSA) is 49.4 Å². The average Bonchev–Trinajstić information content (AvgIpc) is 2.61. The first-order valence-electron chi connectivity index (χ1n) is 8.08. The molecule has 2 aromatic rings. The van der Waals surface area contributed by atoms with Crippen LogP contribution in [-0.2, 0) is 16.0 Å². The van der Waals surface area contributed by atoms with Gasteiger partial charge in [-0.2, -0.15) is 0 Å². The summed E-state index contributed by atoms with van der Waals surface area (Å²) in [4.78, 5) is 27.2. The highest BCUT2D eigenvalue weighted by atomic mass is 32.2. The number of hydrogen-bond acceptors (Lipinski definition) is 3. The number of carbonyl (C=O) groups is 2. The van der Waals surface area contributed by atoms with Crippen LogP contribution in [0.2, 0.25) is 0 Å². The van der Waals surface area contributed by atoms with E-state index < -0.39 is 0 Å². The summed E-state index contributed by atoms with van der Waals surface area (Å²) in [6.45, 7) is 2.49. The fourth-order valence-corrected chi connectivity index (χ4v) is 3.60. The van der Waals surface area contributed by atoms with E-state index in [9.17, 15) is 9.59 Å². The molecule has 0 aromatic heterocycles. The monoisotopic (exact) mass is 340 g/mol. The zero-order valence-corrected chi connectivity index (χ0v) is 14.4. The Kier molecular flexibility index (Phi) is 5.20. The SMILES string of the molecule is CCc1ccc(NC(=O)CCN2C(=O)CSc3ccccc32)cc1. The average molecular weight is 340 g/mol.